The van der Waals surface area contributed by atoms with Crippen molar-refractivity contribution in [2.45, 2.75) is 47.6 Å². The summed E-state index contributed by atoms with van der Waals surface area (Å²) in [5.74, 6) is 1.29. The average molecular weight is 266 g/mol. The molecule has 108 valence electrons. The highest BCUT2D eigenvalue weighted by molar-refractivity contribution is 5.22. The topological polar surface area (TPSA) is 63.0 Å². The van der Waals surface area contributed by atoms with E-state index in [9.17, 15) is 0 Å². The van der Waals surface area contributed by atoms with E-state index in [1.807, 2.05) is 0 Å². The summed E-state index contributed by atoms with van der Waals surface area (Å²) < 4.78 is 5.55. The summed E-state index contributed by atoms with van der Waals surface area (Å²) in [6.45, 7) is 13.9. The van der Waals surface area contributed by atoms with Gasteiger partial charge >= 0.3 is 6.01 Å². The van der Waals surface area contributed by atoms with Crippen LogP contribution in [0.25, 0.3) is 0 Å². The molecule has 1 aromatic heterocycles. The molecule has 1 aliphatic carbocycles. The molecule has 0 radical (unpaired) electrons. The quantitative estimate of drug-likeness (QED) is 0.743. The number of aromatic nitrogens is 2. The standard InChI is InChI=1S/C14H26N4O/c1-6-7-15-9-11-17-18-12(19-11)16-8-10-13(2,3)14(10,4)5/h10,15H,6-9H2,1-5H3,(H,16,18). The minimum Gasteiger partial charge on any atom is -0.407 e. The molecule has 0 saturated heterocycles. The lowest BCUT2D eigenvalue weighted by Gasteiger charge is -2.04. The monoisotopic (exact) mass is 266 g/mol. The third-order valence-electron chi connectivity index (χ3n) is 4.95. The van der Waals surface area contributed by atoms with Crippen molar-refractivity contribution in [1.29, 1.82) is 0 Å². The van der Waals surface area contributed by atoms with E-state index in [1.165, 1.54) is 0 Å². The highest BCUT2D eigenvalue weighted by Crippen LogP contribution is 2.68. The van der Waals surface area contributed by atoms with Crippen LogP contribution in [0.1, 0.15) is 46.9 Å². The van der Waals surface area contributed by atoms with Gasteiger partial charge in [0.25, 0.3) is 0 Å². The second-order valence-corrected chi connectivity index (χ2v) is 6.55. The van der Waals surface area contributed by atoms with Crippen LogP contribution in [0.15, 0.2) is 4.42 Å². The van der Waals surface area contributed by atoms with Crippen LogP contribution in [0.2, 0.25) is 0 Å². The summed E-state index contributed by atoms with van der Waals surface area (Å²) >= 11 is 0. The average Bonchev–Trinajstić information content (AvgIpc) is 2.70. The molecule has 0 unspecified atom stereocenters. The Balaban J connectivity index is 1.78. The van der Waals surface area contributed by atoms with E-state index in [0.29, 0.717) is 35.2 Å². The van der Waals surface area contributed by atoms with E-state index in [1.54, 1.807) is 0 Å². The van der Waals surface area contributed by atoms with E-state index in [2.05, 4.69) is 55.4 Å². The molecule has 1 heterocycles. The van der Waals surface area contributed by atoms with Crippen molar-refractivity contribution in [1.82, 2.24) is 15.5 Å². The van der Waals surface area contributed by atoms with Crippen molar-refractivity contribution >= 4 is 6.01 Å². The first kappa shape index (κ1) is 14.3. The maximum atomic E-state index is 5.55. The first-order valence-electron chi connectivity index (χ1n) is 7.16. The Hall–Kier alpha value is -1.10. The van der Waals surface area contributed by atoms with Gasteiger partial charge in [-0.3, -0.25) is 0 Å². The molecule has 1 saturated carbocycles. The Morgan fingerprint density at radius 2 is 1.84 bits per heavy atom. The van der Waals surface area contributed by atoms with Gasteiger partial charge in [0.15, 0.2) is 0 Å². The predicted molar refractivity (Wildman–Crippen MR) is 75.8 cm³/mol. The number of rotatable bonds is 7. The number of hydrogen-bond donors (Lipinski definition) is 2. The van der Waals surface area contributed by atoms with Crippen molar-refractivity contribution in [3.05, 3.63) is 5.89 Å². The molecule has 0 atom stereocenters. The van der Waals surface area contributed by atoms with Gasteiger partial charge in [0.2, 0.25) is 5.89 Å². The van der Waals surface area contributed by atoms with E-state index in [0.717, 1.165) is 19.5 Å². The van der Waals surface area contributed by atoms with E-state index < -0.39 is 0 Å². The SMILES string of the molecule is CCCNCc1nnc(NCC2C(C)(C)C2(C)C)o1. The van der Waals surface area contributed by atoms with Crippen molar-refractivity contribution in [2.24, 2.45) is 16.7 Å². The molecule has 1 aliphatic rings. The number of nitrogens with one attached hydrogen (secondary N) is 2. The highest BCUT2D eigenvalue weighted by atomic mass is 16.4. The van der Waals surface area contributed by atoms with Crippen molar-refractivity contribution in [2.75, 3.05) is 18.4 Å². The van der Waals surface area contributed by atoms with E-state index in [-0.39, 0.29) is 0 Å². The summed E-state index contributed by atoms with van der Waals surface area (Å²) in [5.41, 5.74) is 0.761. The molecular weight excluding hydrogens is 240 g/mol. The van der Waals surface area contributed by atoms with Crippen LogP contribution in [-0.4, -0.2) is 23.3 Å². The van der Waals surface area contributed by atoms with Gasteiger partial charge in [-0.05, 0) is 29.7 Å². The lowest BCUT2D eigenvalue weighted by atomic mass is 10.0. The van der Waals surface area contributed by atoms with Gasteiger partial charge in [-0.25, -0.2) is 0 Å². The van der Waals surface area contributed by atoms with Gasteiger partial charge in [0, 0.05) is 6.54 Å². The molecule has 5 nitrogen and oxygen atoms in total. The van der Waals surface area contributed by atoms with Gasteiger partial charge in [-0.2, -0.15) is 0 Å². The van der Waals surface area contributed by atoms with Crippen molar-refractivity contribution < 1.29 is 4.42 Å². The van der Waals surface area contributed by atoms with Crippen molar-refractivity contribution in [3.63, 3.8) is 0 Å². The van der Waals surface area contributed by atoms with E-state index >= 15 is 0 Å². The number of anilines is 1. The Bertz CT molecular complexity index is 411. The fourth-order valence-electron chi connectivity index (χ4n) is 2.80. The summed E-state index contributed by atoms with van der Waals surface area (Å²) in [5, 5.41) is 14.5. The van der Waals surface area contributed by atoms with Crippen LogP contribution in [0.3, 0.4) is 0 Å². The van der Waals surface area contributed by atoms with Crippen LogP contribution < -0.4 is 10.6 Å². The molecular formula is C14H26N4O. The van der Waals surface area contributed by atoms with E-state index in [4.69, 9.17) is 4.42 Å². The zero-order chi connectivity index (χ0) is 14.1. The molecule has 1 fully saturated rings. The van der Waals surface area contributed by atoms with Crippen LogP contribution in [0, 0.1) is 16.7 Å². The molecule has 2 N–H and O–H groups in total. The predicted octanol–water partition coefficient (Wildman–Crippen LogP) is 2.66. The molecule has 5 heteroatoms. The second kappa shape index (κ2) is 5.12. The normalized spacial score (nSPS) is 20.5. The minimum absolute atomic E-state index is 0.380. The third-order valence-corrected chi connectivity index (χ3v) is 4.95. The van der Waals surface area contributed by atoms with Gasteiger partial charge in [-0.1, -0.05) is 39.7 Å². The van der Waals surface area contributed by atoms with Crippen LogP contribution in [0.4, 0.5) is 6.01 Å². The molecule has 1 aromatic rings. The molecule has 2 rings (SSSR count). The van der Waals surface area contributed by atoms with Crippen LogP contribution >= 0.6 is 0 Å². The Morgan fingerprint density at radius 3 is 2.42 bits per heavy atom. The lowest BCUT2D eigenvalue weighted by molar-refractivity contribution is 0.457. The maximum Gasteiger partial charge on any atom is 0.315 e. The third kappa shape index (κ3) is 2.76. The Kier molecular flexibility index (Phi) is 3.85. The van der Waals surface area contributed by atoms with Crippen molar-refractivity contribution in [3.8, 4) is 0 Å². The fraction of sp³-hybridized carbons (Fsp3) is 0.857. The largest absolute Gasteiger partial charge is 0.407 e. The number of hydrogen-bond acceptors (Lipinski definition) is 5. The smallest absolute Gasteiger partial charge is 0.315 e. The molecule has 0 spiro atoms. The first-order chi connectivity index (χ1) is 8.89. The van der Waals surface area contributed by atoms with Crippen LogP contribution in [0.5, 0.6) is 0 Å². The fourth-order valence-corrected chi connectivity index (χ4v) is 2.80. The lowest BCUT2D eigenvalue weighted by Crippen LogP contribution is -2.13. The maximum absolute atomic E-state index is 5.55. The van der Waals surface area contributed by atoms with Gasteiger partial charge in [-0.15, -0.1) is 5.10 Å². The summed E-state index contributed by atoms with van der Waals surface area (Å²) in [4.78, 5) is 0. The molecule has 0 amide bonds. The second-order valence-electron chi connectivity index (χ2n) is 6.55. The molecule has 0 bridgehead atoms. The summed E-state index contributed by atoms with van der Waals surface area (Å²) in [6, 6.07) is 0.534. The van der Waals surface area contributed by atoms with Gasteiger partial charge in [0.05, 0.1) is 6.54 Å². The Labute approximate surface area is 115 Å². The Morgan fingerprint density at radius 1 is 1.16 bits per heavy atom. The van der Waals surface area contributed by atoms with Gasteiger partial charge in [0.1, 0.15) is 0 Å². The molecule has 0 aliphatic heterocycles. The summed E-state index contributed by atoms with van der Waals surface area (Å²) in [6.07, 6.45) is 1.10. The van der Waals surface area contributed by atoms with Gasteiger partial charge < -0.3 is 15.1 Å². The summed E-state index contributed by atoms with van der Waals surface area (Å²) in [7, 11) is 0. The minimum atomic E-state index is 0.380. The number of nitrogens with zero attached hydrogens (tertiary/aromatic N) is 2. The highest BCUT2D eigenvalue weighted by Gasteiger charge is 2.64. The zero-order valence-electron chi connectivity index (χ0n) is 12.7. The molecule has 0 aromatic carbocycles. The van der Waals surface area contributed by atoms with Crippen LogP contribution in [-0.2, 0) is 6.54 Å². The zero-order valence-corrected chi connectivity index (χ0v) is 12.7. The first-order valence-corrected chi connectivity index (χ1v) is 7.16. The molecule has 19 heavy (non-hydrogen) atoms.